The van der Waals surface area contributed by atoms with Crippen LogP contribution in [0, 0.1) is 5.82 Å². The van der Waals surface area contributed by atoms with Crippen molar-refractivity contribution < 1.29 is 4.39 Å². The van der Waals surface area contributed by atoms with Crippen molar-refractivity contribution in [3.63, 3.8) is 0 Å². The van der Waals surface area contributed by atoms with Crippen LogP contribution in [-0.2, 0) is 6.54 Å². The molecule has 0 aliphatic carbocycles. The number of halogens is 3. The summed E-state index contributed by atoms with van der Waals surface area (Å²) >= 11 is 11.3. The molecule has 0 radical (unpaired) electrons. The Morgan fingerprint density at radius 2 is 1.71 bits per heavy atom. The summed E-state index contributed by atoms with van der Waals surface area (Å²) in [5.41, 5.74) is 1.73. The van der Waals surface area contributed by atoms with Crippen molar-refractivity contribution in [3.05, 3.63) is 64.4 Å². The lowest BCUT2D eigenvalue weighted by atomic mass is 10.2. The highest BCUT2D eigenvalue weighted by molar-refractivity contribution is 6.33. The van der Waals surface area contributed by atoms with Crippen LogP contribution in [0.4, 0.5) is 4.39 Å². The molecule has 3 rings (SSSR count). The topological polar surface area (TPSA) is 43.6 Å². The SMILES string of the molecule is Fc1c(Cl)nc(-c2cnn(Cc3ccccc3)c2)nc1Cl. The Labute approximate surface area is 130 Å². The number of rotatable bonds is 3. The van der Waals surface area contributed by atoms with Gasteiger partial charge in [-0.15, -0.1) is 0 Å². The molecule has 21 heavy (non-hydrogen) atoms. The molecule has 4 nitrogen and oxygen atoms in total. The molecule has 0 aliphatic heterocycles. The molecular formula is C14H9Cl2FN4. The minimum Gasteiger partial charge on any atom is -0.268 e. The van der Waals surface area contributed by atoms with Gasteiger partial charge in [0.15, 0.2) is 21.9 Å². The molecule has 0 N–H and O–H groups in total. The van der Waals surface area contributed by atoms with Gasteiger partial charge in [0, 0.05) is 6.20 Å². The number of benzene rings is 1. The zero-order valence-electron chi connectivity index (χ0n) is 10.7. The molecule has 0 saturated heterocycles. The van der Waals surface area contributed by atoms with Gasteiger partial charge in [0.25, 0.3) is 0 Å². The first-order valence-corrected chi connectivity index (χ1v) is 6.84. The van der Waals surface area contributed by atoms with E-state index in [2.05, 4.69) is 15.1 Å². The molecule has 0 aliphatic rings. The molecule has 0 amide bonds. The summed E-state index contributed by atoms with van der Waals surface area (Å²) in [6.07, 6.45) is 3.34. The van der Waals surface area contributed by atoms with Crippen LogP contribution in [0.3, 0.4) is 0 Å². The Hall–Kier alpha value is -1.98. The molecule has 0 fully saturated rings. The monoisotopic (exact) mass is 322 g/mol. The van der Waals surface area contributed by atoms with Crippen LogP contribution in [0.15, 0.2) is 42.7 Å². The third-order valence-electron chi connectivity index (χ3n) is 2.85. The lowest BCUT2D eigenvalue weighted by Crippen LogP contribution is -1.99. The Morgan fingerprint density at radius 1 is 1.05 bits per heavy atom. The summed E-state index contributed by atoms with van der Waals surface area (Å²) in [4.78, 5) is 7.73. The lowest BCUT2D eigenvalue weighted by molar-refractivity contribution is 0.615. The Kier molecular flexibility index (Phi) is 3.86. The summed E-state index contributed by atoms with van der Waals surface area (Å²) in [5, 5.41) is 3.62. The highest BCUT2D eigenvalue weighted by Crippen LogP contribution is 2.23. The molecule has 1 aromatic carbocycles. The highest BCUT2D eigenvalue weighted by atomic mass is 35.5. The standard InChI is InChI=1S/C14H9Cl2FN4/c15-12-11(17)13(16)20-14(19-12)10-6-18-21(8-10)7-9-4-2-1-3-5-9/h1-6,8H,7H2. The zero-order chi connectivity index (χ0) is 14.8. The first-order chi connectivity index (χ1) is 10.1. The second-order valence-electron chi connectivity index (χ2n) is 4.36. The van der Waals surface area contributed by atoms with E-state index >= 15 is 0 Å². The van der Waals surface area contributed by atoms with E-state index in [0.29, 0.717) is 12.1 Å². The number of nitrogens with zero attached hydrogens (tertiary/aromatic N) is 4. The van der Waals surface area contributed by atoms with Crippen LogP contribution < -0.4 is 0 Å². The van der Waals surface area contributed by atoms with E-state index in [1.807, 2.05) is 30.3 Å². The predicted octanol–water partition coefficient (Wildman–Crippen LogP) is 3.83. The van der Waals surface area contributed by atoms with Crippen molar-refractivity contribution in [1.29, 1.82) is 0 Å². The first kappa shape index (κ1) is 14.0. The van der Waals surface area contributed by atoms with Crippen LogP contribution in [0.5, 0.6) is 0 Å². The van der Waals surface area contributed by atoms with E-state index in [9.17, 15) is 4.39 Å². The van der Waals surface area contributed by atoms with Crippen LogP contribution in [-0.4, -0.2) is 19.7 Å². The smallest absolute Gasteiger partial charge is 0.197 e. The highest BCUT2D eigenvalue weighted by Gasteiger charge is 2.13. The van der Waals surface area contributed by atoms with E-state index < -0.39 is 5.82 Å². The molecule has 0 unspecified atom stereocenters. The second-order valence-corrected chi connectivity index (χ2v) is 5.07. The van der Waals surface area contributed by atoms with E-state index in [1.54, 1.807) is 17.1 Å². The van der Waals surface area contributed by atoms with Gasteiger partial charge in [-0.1, -0.05) is 53.5 Å². The number of hydrogen-bond donors (Lipinski definition) is 0. The minimum atomic E-state index is -0.821. The average Bonchev–Trinajstić information content (AvgIpc) is 2.94. The zero-order valence-corrected chi connectivity index (χ0v) is 12.2. The predicted molar refractivity (Wildman–Crippen MR) is 78.8 cm³/mol. The summed E-state index contributed by atoms with van der Waals surface area (Å²) < 4.78 is 15.0. The maximum Gasteiger partial charge on any atom is 0.197 e. The van der Waals surface area contributed by atoms with Crippen molar-refractivity contribution in [2.24, 2.45) is 0 Å². The van der Waals surface area contributed by atoms with Gasteiger partial charge in [-0.3, -0.25) is 4.68 Å². The van der Waals surface area contributed by atoms with Gasteiger partial charge in [-0.2, -0.15) is 5.10 Å². The molecule has 7 heteroatoms. The lowest BCUT2D eigenvalue weighted by Gasteiger charge is -2.01. The van der Waals surface area contributed by atoms with Crippen molar-refractivity contribution in [1.82, 2.24) is 19.7 Å². The third-order valence-corrected chi connectivity index (χ3v) is 3.35. The van der Waals surface area contributed by atoms with Crippen molar-refractivity contribution in [2.75, 3.05) is 0 Å². The van der Waals surface area contributed by atoms with Gasteiger partial charge in [-0.25, -0.2) is 14.4 Å². The quantitative estimate of drug-likeness (QED) is 0.688. The summed E-state index contributed by atoms with van der Waals surface area (Å²) in [7, 11) is 0. The summed E-state index contributed by atoms with van der Waals surface area (Å²) in [6, 6.07) is 9.88. The van der Waals surface area contributed by atoms with Crippen molar-refractivity contribution >= 4 is 23.2 Å². The van der Waals surface area contributed by atoms with E-state index in [1.165, 1.54) is 0 Å². The molecule has 0 spiro atoms. The molecule has 3 aromatic rings. The van der Waals surface area contributed by atoms with Crippen LogP contribution in [0.2, 0.25) is 10.3 Å². The fraction of sp³-hybridized carbons (Fsp3) is 0.0714. The second kappa shape index (κ2) is 5.79. The van der Waals surface area contributed by atoms with E-state index in [4.69, 9.17) is 23.2 Å². The molecule has 106 valence electrons. The summed E-state index contributed by atoms with van der Waals surface area (Å²) in [6.45, 7) is 0.615. The van der Waals surface area contributed by atoms with Gasteiger partial charge in [-0.05, 0) is 5.56 Å². The van der Waals surface area contributed by atoms with Crippen LogP contribution >= 0.6 is 23.2 Å². The van der Waals surface area contributed by atoms with Gasteiger partial charge in [0.2, 0.25) is 0 Å². The minimum absolute atomic E-state index is 0.241. The average molecular weight is 323 g/mol. The maximum absolute atomic E-state index is 13.3. The maximum atomic E-state index is 13.3. The molecule has 2 heterocycles. The Balaban J connectivity index is 1.88. The third kappa shape index (κ3) is 3.04. The Bertz CT molecular complexity index is 751. The molecule has 0 saturated carbocycles. The van der Waals surface area contributed by atoms with Crippen molar-refractivity contribution in [2.45, 2.75) is 6.54 Å². The van der Waals surface area contributed by atoms with Crippen LogP contribution in [0.1, 0.15) is 5.56 Å². The fourth-order valence-electron chi connectivity index (χ4n) is 1.86. The van der Waals surface area contributed by atoms with Gasteiger partial charge in [0.05, 0.1) is 18.3 Å². The molecule has 0 bridgehead atoms. The molecule has 2 aromatic heterocycles. The number of aromatic nitrogens is 4. The van der Waals surface area contributed by atoms with Crippen molar-refractivity contribution in [3.8, 4) is 11.4 Å². The molecule has 0 atom stereocenters. The van der Waals surface area contributed by atoms with Gasteiger partial charge >= 0.3 is 0 Å². The normalized spacial score (nSPS) is 10.8. The van der Waals surface area contributed by atoms with E-state index in [-0.39, 0.29) is 16.1 Å². The fourth-order valence-corrected chi connectivity index (χ4v) is 2.25. The first-order valence-electron chi connectivity index (χ1n) is 6.09. The number of hydrogen-bond acceptors (Lipinski definition) is 3. The van der Waals surface area contributed by atoms with Gasteiger partial charge < -0.3 is 0 Å². The molecular weight excluding hydrogens is 314 g/mol. The Morgan fingerprint density at radius 3 is 2.38 bits per heavy atom. The summed E-state index contributed by atoms with van der Waals surface area (Å²) in [5.74, 6) is -0.579. The van der Waals surface area contributed by atoms with Gasteiger partial charge in [0.1, 0.15) is 0 Å². The van der Waals surface area contributed by atoms with Crippen LogP contribution in [0.25, 0.3) is 11.4 Å². The van der Waals surface area contributed by atoms with E-state index in [0.717, 1.165) is 5.56 Å². The largest absolute Gasteiger partial charge is 0.268 e.